The molecule has 158 valence electrons. The molecule has 2 aliphatic heterocycles. The van der Waals surface area contributed by atoms with Crippen molar-refractivity contribution in [2.45, 2.75) is 0 Å². The molecular weight excluding hydrogens is 392 g/mol. The molecule has 8 heteroatoms. The summed E-state index contributed by atoms with van der Waals surface area (Å²) in [6.07, 6.45) is 0. The van der Waals surface area contributed by atoms with Gasteiger partial charge in [-0.3, -0.25) is 10.4 Å². The standard InChI is InChI=1S/C23H24N6O2/c30-28-22-15-18(17-5-2-1-3-6-17)9-10-21(22)29(31)26-23(28)25-19-7-4-8-20(16-19)27-13-11-24-12-14-27/h1-10,15-16,24,28-29H,11-14H2,(H,25,26). The Kier molecular flexibility index (Phi) is 5.37. The van der Waals surface area contributed by atoms with Gasteiger partial charge < -0.3 is 20.6 Å². The number of benzene rings is 3. The second-order valence-corrected chi connectivity index (χ2v) is 7.63. The molecule has 8 nitrogen and oxygen atoms in total. The number of anilines is 2. The van der Waals surface area contributed by atoms with E-state index in [1.807, 2.05) is 60.7 Å². The predicted octanol–water partition coefficient (Wildman–Crippen LogP) is 1.19. The molecule has 3 aromatic carbocycles. The van der Waals surface area contributed by atoms with E-state index in [-0.39, 0.29) is 11.0 Å². The molecule has 1 fully saturated rings. The Labute approximate surface area is 180 Å². The fourth-order valence-electron chi connectivity index (χ4n) is 3.99. The van der Waals surface area contributed by atoms with Gasteiger partial charge in [0.05, 0.1) is 0 Å². The summed E-state index contributed by atoms with van der Waals surface area (Å²) < 4.78 is 0. The summed E-state index contributed by atoms with van der Waals surface area (Å²) in [6, 6.07) is 23.0. The summed E-state index contributed by atoms with van der Waals surface area (Å²) in [5, 5.41) is 35.5. The number of fused-ring (bicyclic) bond motifs is 1. The maximum Gasteiger partial charge on any atom is 0.358 e. The van der Waals surface area contributed by atoms with Gasteiger partial charge in [-0.05, 0) is 35.4 Å². The number of hydroxylamine groups is 1. The van der Waals surface area contributed by atoms with Gasteiger partial charge in [-0.15, -0.1) is 0 Å². The lowest BCUT2D eigenvalue weighted by Crippen LogP contribution is -3.14. The predicted molar refractivity (Wildman–Crippen MR) is 122 cm³/mol. The molecule has 0 spiro atoms. The van der Waals surface area contributed by atoms with E-state index in [4.69, 9.17) is 0 Å². The number of rotatable bonds is 3. The van der Waals surface area contributed by atoms with Crippen LogP contribution < -0.4 is 25.8 Å². The van der Waals surface area contributed by atoms with E-state index in [0.29, 0.717) is 11.4 Å². The van der Waals surface area contributed by atoms with Crippen LogP contribution in [-0.4, -0.2) is 32.1 Å². The Bertz CT molecular complexity index is 1100. The summed E-state index contributed by atoms with van der Waals surface area (Å²) in [7, 11) is 0. The maximum absolute atomic E-state index is 13.2. The molecule has 0 amide bonds. The first-order chi connectivity index (χ1) is 15.2. The van der Waals surface area contributed by atoms with Crippen molar-refractivity contribution < 1.29 is 10.2 Å². The molecule has 0 radical (unpaired) electrons. The van der Waals surface area contributed by atoms with E-state index in [2.05, 4.69) is 20.6 Å². The van der Waals surface area contributed by atoms with E-state index in [1.54, 1.807) is 12.1 Å². The fourth-order valence-corrected chi connectivity index (χ4v) is 3.99. The highest BCUT2D eigenvalue weighted by molar-refractivity contribution is 5.90. The molecule has 31 heavy (non-hydrogen) atoms. The Morgan fingerprint density at radius 3 is 2.45 bits per heavy atom. The molecule has 2 heterocycles. The van der Waals surface area contributed by atoms with E-state index in [1.165, 1.54) is 0 Å². The Hall–Kier alpha value is -3.27. The van der Waals surface area contributed by atoms with Gasteiger partial charge in [0.15, 0.2) is 0 Å². The highest BCUT2D eigenvalue weighted by Crippen LogP contribution is 2.26. The lowest BCUT2D eigenvalue weighted by molar-refractivity contribution is -0.812. The highest BCUT2D eigenvalue weighted by atomic mass is 16.5. The Balaban J connectivity index is 1.41. The van der Waals surface area contributed by atoms with Gasteiger partial charge >= 0.3 is 5.96 Å². The van der Waals surface area contributed by atoms with Crippen molar-refractivity contribution in [2.75, 3.05) is 36.4 Å². The van der Waals surface area contributed by atoms with Gasteiger partial charge in [-0.25, -0.2) is 0 Å². The second-order valence-electron chi connectivity index (χ2n) is 7.63. The van der Waals surface area contributed by atoms with Crippen molar-refractivity contribution in [3.8, 4) is 11.1 Å². The monoisotopic (exact) mass is 416 g/mol. The van der Waals surface area contributed by atoms with Gasteiger partial charge in [0, 0.05) is 54.8 Å². The van der Waals surface area contributed by atoms with Crippen molar-refractivity contribution in [1.29, 1.82) is 0 Å². The molecule has 1 saturated heterocycles. The van der Waals surface area contributed by atoms with Crippen LogP contribution in [0.15, 0.2) is 77.9 Å². The zero-order valence-corrected chi connectivity index (χ0v) is 17.0. The van der Waals surface area contributed by atoms with Crippen molar-refractivity contribution >= 4 is 28.7 Å². The van der Waals surface area contributed by atoms with Crippen LogP contribution in [0.1, 0.15) is 0 Å². The van der Waals surface area contributed by atoms with Crippen LogP contribution in [0.4, 0.5) is 22.7 Å². The second kappa shape index (κ2) is 8.46. The van der Waals surface area contributed by atoms with Gasteiger partial charge in [0.2, 0.25) is 11.4 Å². The molecule has 2 atom stereocenters. The number of hydrogen-bond acceptors (Lipinski definition) is 6. The highest BCUT2D eigenvalue weighted by Gasteiger charge is 2.29. The molecule has 0 aliphatic carbocycles. The van der Waals surface area contributed by atoms with Crippen LogP contribution in [0.3, 0.4) is 0 Å². The van der Waals surface area contributed by atoms with Crippen LogP contribution >= 0.6 is 0 Å². The first-order valence-electron chi connectivity index (χ1n) is 10.4. The quantitative estimate of drug-likeness (QED) is 0.481. The van der Waals surface area contributed by atoms with Crippen molar-refractivity contribution in [3.63, 3.8) is 0 Å². The number of nitrogens with zero attached hydrogens (tertiary/aromatic N) is 2. The fraction of sp³-hybridized carbons (Fsp3) is 0.174. The molecule has 0 bridgehead atoms. The van der Waals surface area contributed by atoms with Crippen LogP contribution in [0.2, 0.25) is 0 Å². The normalized spacial score (nSPS) is 20.7. The SMILES string of the molecule is [O-][NH+]1N=C(Nc2cccc(N3CCNCC3)c2)[NH+]([O-])c2cc(-c3ccccc3)ccc21. The van der Waals surface area contributed by atoms with Gasteiger partial charge in [-0.2, -0.15) is 5.17 Å². The molecule has 5 rings (SSSR count). The minimum Gasteiger partial charge on any atom is -0.621 e. The summed E-state index contributed by atoms with van der Waals surface area (Å²) in [4.78, 5) is 2.29. The Morgan fingerprint density at radius 1 is 0.839 bits per heavy atom. The summed E-state index contributed by atoms with van der Waals surface area (Å²) in [5.74, 6) is 0.0557. The van der Waals surface area contributed by atoms with E-state index in [0.717, 1.165) is 48.7 Å². The number of guanidine groups is 1. The largest absolute Gasteiger partial charge is 0.621 e. The number of piperazine rings is 1. The molecule has 2 unspecified atom stereocenters. The average molecular weight is 416 g/mol. The van der Waals surface area contributed by atoms with Crippen LogP contribution in [0, 0.1) is 10.4 Å². The average Bonchev–Trinajstić information content (AvgIpc) is 2.83. The Morgan fingerprint density at radius 2 is 1.65 bits per heavy atom. The smallest absolute Gasteiger partial charge is 0.358 e. The van der Waals surface area contributed by atoms with E-state index < -0.39 is 5.17 Å². The third kappa shape index (κ3) is 4.02. The molecule has 4 N–H and O–H groups in total. The molecule has 0 aromatic heterocycles. The van der Waals surface area contributed by atoms with Crippen LogP contribution in [0.25, 0.3) is 11.1 Å². The summed E-state index contributed by atoms with van der Waals surface area (Å²) in [6.45, 7) is 3.74. The zero-order chi connectivity index (χ0) is 21.2. The van der Waals surface area contributed by atoms with Gasteiger partial charge in [0.25, 0.3) is 0 Å². The zero-order valence-electron chi connectivity index (χ0n) is 17.0. The van der Waals surface area contributed by atoms with Crippen LogP contribution in [0.5, 0.6) is 0 Å². The van der Waals surface area contributed by atoms with E-state index in [9.17, 15) is 10.4 Å². The third-order valence-electron chi connectivity index (χ3n) is 5.62. The lowest BCUT2D eigenvalue weighted by Gasteiger charge is -2.31. The first-order valence-corrected chi connectivity index (χ1v) is 10.4. The van der Waals surface area contributed by atoms with Crippen LogP contribution in [-0.2, 0) is 0 Å². The maximum atomic E-state index is 13.2. The van der Waals surface area contributed by atoms with Crippen molar-refractivity contribution in [2.24, 2.45) is 5.10 Å². The van der Waals surface area contributed by atoms with Crippen molar-refractivity contribution in [3.05, 3.63) is 83.2 Å². The molecule has 2 aliphatic rings. The van der Waals surface area contributed by atoms with E-state index >= 15 is 0 Å². The number of quaternary nitrogens is 2. The van der Waals surface area contributed by atoms with Gasteiger partial charge in [0.1, 0.15) is 0 Å². The number of nitrogens with one attached hydrogen (secondary N) is 4. The summed E-state index contributed by atoms with van der Waals surface area (Å²) in [5.41, 5.74) is 4.41. The minimum atomic E-state index is -0.407. The molecule has 3 aromatic rings. The third-order valence-corrected chi connectivity index (χ3v) is 5.62. The molecular formula is C23H24N6O2. The number of hydrogen-bond donors (Lipinski definition) is 4. The summed E-state index contributed by atoms with van der Waals surface area (Å²) >= 11 is 0. The van der Waals surface area contributed by atoms with Gasteiger partial charge in [-0.1, -0.05) is 36.4 Å². The topological polar surface area (TPSA) is 94.7 Å². The lowest BCUT2D eigenvalue weighted by atomic mass is 10.0. The molecule has 0 saturated carbocycles. The van der Waals surface area contributed by atoms with Crippen molar-refractivity contribution in [1.82, 2.24) is 5.32 Å². The first kappa shape index (κ1) is 19.7. The minimum absolute atomic E-state index is 0.0557.